The van der Waals surface area contributed by atoms with Crippen LogP contribution in [0, 0.1) is 0 Å². The normalized spacial score (nSPS) is 15.6. The van der Waals surface area contributed by atoms with Gasteiger partial charge >= 0.3 is 11.9 Å². The number of esters is 2. The molecule has 0 radical (unpaired) electrons. The molecule has 0 amide bonds. The highest BCUT2D eigenvalue weighted by atomic mass is 35.5. The molecule has 2 aromatic carbocycles. The van der Waals surface area contributed by atoms with Crippen LogP contribution in [0.4, 0.5) is 11.4 Å². The van der Waals surface area contributed by atoms with Crippen molar-refractivity contribution in [3.63, 3.8) is 0 Å². The third-order valence-corrected chi connectivity index (χ3v) is 4.07. The molecule has 0 saturated carbocycles. The van der Waals surface area contributed by atoms with Gasteiger partial charge in [-0.1, -0.05) is 23.2 Å². The maximum atomic E-state index is 12.4. The number of anilines is 2. The Morgan fingerprint density at radius 1 is 0.778 bits per heavy atom. The van der Waals surface area contributed by atoms with Crippen LogP contribution < -0.4 is 10.6 Å². The Morgan fingerprint density at radius 3 is 1.52 bits per heavy atom. The third kappa shape index (κ3) is 4.72. The van der Waals surface area contributed by atoms with Crippen molar-refractivity contribution in [2.24, 2.45) is 0 Å². The molecule has 0 spiro atoms. The molecule has 0 unspecified atom stereocenters. The number of halogens is 2. The van der Waals surface area contributed by atoms with Crippen molar-refractivity contribution < 1.29 is 19.1 Å². The monoisotopic (exact) mass is 406 g/mol. The smallest absolute Gasteiger partial charge is 0.352 e. The molecule has 0 bridgehead atoms. The Labute approximate surface area is 166 Å². The molecule has 1 fully saturated rings. The Balaban J connectivity index is 2.00. The summed E-state index contributed by atoms with van der Waals surface area (Å²) < 4.78 is 10.4. The molecule has 1 heterocycles. The van der Waals surface area contributed by atoms with Gasteiger partial charge in [0, 0.05) is 35.3 Å². The molecule has 1 aliphatic rings. The first kappa shape index (κ1) is 19.1. The molecule has 1 aliphatic heterocycles. The lowest BCUT2D eigenvalue weighted by Gasteiger charge is -2.31. The lowest BCUT2D eigenvalue weighted by atomic mass is 10.2. The molecule has 2 N–H and O–H groups in total. The van der Waals surface area contributed by atoms with E-state index >= 15 is 0 Å². The van der Waals surface area contributed by atoms with Crippen LogP contribution in [0.25, 0.3) is 0 Å². The number of carbonyl (C=O) groups excluding carboxylic acids is 2. The summed E-state index contributed by atoms with van der Waals surface area (Å²) in [5.41, 5.74) is 0.932. The number of ether oxygens (including phenoxy) is 2. The molecule has 6 nitrogen and oxygen atoms in total. The lowest BCUT2D eigenvalue weighted by Crippen LogP contribution is -2.43. The Bertz CT molecular complexity index is 835. The molecule has 0 aromatic heterocycles. The minimum absolute atomic E-state index is 0.116. The fourth-order valence-corrected chi connectivity index (χ4v) is 2.62. The highest BCUT2D eigenvalue weighted by Gasteiger charge is 2.41. The van der Waals surface area contributed by atoms with E-state index in [1.807, 2.05) is 0 Å². The molecule has 0 aliphatic carbocycles. The molecule has 27 heavy (non-hydrogen) atoms. The first-order chi connectivity index (χ1) is 12.7. The topological polar surface area (TPSA) is 76.7 Å². The van der Waals surface area contributed by atoms with Crippen molar-refractivity contribution in [2.75, 3.05) is 10.6 Å². The number of hydrogen-bond acceptors (Lipinski definition) is 6. The van der Waals surface area contributed by atoms with Crippen molar-refractivity contribution in [1.29, 1.82) is 0 Å². The first-order valence-electron chi connectivity index (χ1n) is 8.00. The predicted octanol–water partition coefficient (Wildman–Crippen LogP) is 4.57. The van der Waals surface area contributed by atoms with E-state index in [2.05, 4.69) is 10.6 Å². The number of carbonyl (C=O) groups is 2. The van der Waals surface area contributed by atoms with Gasteiger partial charge in [0.05, 0.1) is 0 Å². The summed E-state index contributed by atoms with van der Waals surface area (Å²) in [6.07, 6.45) is 0. The van der Waals surface area contributed by atoms with E-state index in [1.54, 1.807) is 48.5 Å². The second-order valence-electron chi connectivity index (χ2n) is 6.19. The van der Waals surface area contributed by atoms with Crippen LogP contribution in [-0.2, 0) is 19.1 Å². The third-order valence-electron chi connectivity index (χ3n) is 3.56. The van der Waals surface area contributed by atoms with Gasteiger partial charge in [0.2, 0.25) is 0 Å². The van der Waals surface area contributed by atoms with Gasteiger partial charge in [-0.25, -0.2) is 9.59 Å². The molecule has 1 saturated heterocycles. The van der Waals surface area contributed by atoms with Crippen molar-refractivity contribution in [2.45, 2.75) is 19.6 Å². The number of hydrogen-bond donors (Lipinski definition) is 2. The van der Waals surface area contributed by atoms with Crippen molar-refractivity contribution in [3.05, 3.63) is 70.0 Å². The standard InChI is InChI=1S/C19H16Cl2N2O4/c1-19(2)26-17(24)15(18(25)27-19)16(22-13-7-3-11(20)4-8-13)23-14-9-5-12(21)6-10-14/h3-10,22-23H,1-2H3. The largest absolute Gasteiger partial charge is 0.419 e. The fourth-order valence-electron chi connectivity index (χ4n) is 2.37. The zero-order chi connectivity index (χ0) is 19.6. The van der Waals surface area contributed by atoms with Crippen LogP contribution in [0.15, 0.2) is 59.9 Å². The SMILES string of the molecule is CC1(C)OC(=O)C(=C(Nc2ccc(Cl)cc2)Nc2ccc(Cl)cc2)C(=O)O1. The summed E-state index contributed by atoms with van der Waals surface area (Å²) >= 11 is 11.8. The van der Waals surface area contributed by atoms with Crippen LogP contribution in [0.2, 0.25) is 10.0 Å². The van der Waals surface area contributed by atoms with Gasteiger partial charge in [-0.2, -0.15) is 0 Å². The average molecular weight is 407 g/mol. The van der Waals surface area contributed by atoms with E-state index in [1.165, 1.54) is 13.8 Å². The van der Waals surface area contributed by atoms with E-state index < -0.39 is 17.7 Å². The van der Waals surface area contributed by atoms with Gasteiger partial charge in [-0.05, 0) is 48.5 Å². The van der Waals surface area contributed by atoms with Crippen molar-refractivity contribution in [1.82, 2.24) is 0 Å². The van der Waals surface area contributed by atoms with Crippen LogP contribution in [0.5, 0.6) is 0 Å². The van der Waals surface area contributed by atoms with Crippen molar-refractivity contribution in [3.8, 4) is 0 Å². The summed E-state index contributed by atoms with van der Waals surface area (Å²) in [6, 6.07) is 13.5. The van der Waals surface area contributed by atoms with E-state index in [-0.39, 0.29) is 11.4 Å². The summed E-state index contributed by atoms with van der Waals surface area (Å²) in [5, 5.41) is 7.11. The van der Waals surface area contributed by atoms with E-state index in [9.17, 15) is 9.59 Å². The predicted molar refractivity (Wildman–Crippen MR) is 103 cm³/mol. The molecular formula is C19H16Cl2N2O4. The molecule has 8 heteroatoms. The van der Waals surface area contributed by atoms with Gasteiger partial charge in [-0.3, -0.25) is 0 Å². The maximum absolute atomic E-state index is 12.4. The van der Waals surface area contributed by atoms with Gasteiger partial charge in [0.15, 0.2) is 5.57 Å². The Kier molecular flexibility index (Phi) is 5.30. The average Bonchev–Trinajstić information content (AvgIpc) is 2.57. The van der Waals surface area contributed by atoms with Crippen molar-refractivity contribution >= 4 is 46.5 Å². The van der Waals surface area contributed by atoms with Gasteiger partial charge in [0.25, 0.3) is 5.79 Å². The summed E-state index contributed by atoms with van der Waals surface area (Å²) in [6.45, 7) is 2.97. The molecule has 140 valence electrons. The second-order valence-corrected chi connectivity index (χ2v) is 7.07. The summed E-state index contributed by atoms with van der Waals surface area (Å²) in [7, 11) is 0. The number of nitrogens with one attached hydrogen (secondary N) is 2. The van der Waals surface area contributed by atoms with E-state index in [0.29, 0.717) is 21.4 Å². The zero-order valence-corrected chi connectivity index (χ0v) is 16.0. The second kappa shape index (κ2) is 7.50. The van der Waals surface area contributed by atoms with Gasteiger partial charge < -0.3 is 20.1 Å². The summed E-state index contributed by atoms with van der Waals surface area (Å²) in [4.78, 5) is 24.9. The fraction of sp³-hybridized carbons (Fsp3) is 0.158. The number of benzene rings is 2. The van der Waals surface area contributed by atoms with E-state index in [0.717, 1.165) is 0 Å². The van der Waals surface area contributed by atoms with Crippen LogP contribution >= 0.6 is 23.2 Å². The zero-order valence-electron chi connectivity index (χ0n) is 14.5. The van der Waals surface area contributed by atoms with Gasteiger partial charge in [0.1, 0.15) is 5.82 Å². The summed E-state index contributed by atoms with van der Waals surface area (Å²) in [5.74, 6) is -2.81. The van der Waals surface area contributed by atoms with Gasteiger partial charge in [-0.15, -0.1) is 0 Å². The lowest BCUT2D eigenvalue weighted by molar-refractivity contribution is -0.222. The molecule has 0 atom stereocenters. The number of cyclic esters (lactones) is 2. The number of rotatable bonds is 4. The van der Waals surface area contributed by atoms with Crippen LogP contribution in [0.1, 0.15) is 13.8 Å². The maximum Gasteiger partial charge on any atom is 0.352 e. The minimum Gasteiger partial charge on any atom is -0.419 e. The highest BCUT2D eigenvalue weighted by molar-refractivity contribution is 6.31. The Morgan fingerprint density at radius 2 is 1.15 bits per heavy atom. The van der Waals surface area contributed by atoms with Crippen LogP contribution in [0.3, 0.4) is 0 Å². The van der Waals surface area contributed by atoms with E-state index in [4.69, 9.17) is 32.7 Å². The first-order valence-corrected chi connectivity index (χ1v) is 8.75. The molecule has 3 rings (SSSR count). The highest BCUT2D eigenvalue weighted by Crippen LogP contribution is 2.27. The quantitative estimate of drug-likeness (QED) is 0.440. The van der Waals surface area contributed by atoms with Crippen LogP contribution in [-0.4, -0.2) is 17.7 Å². The molecular weight excluding hydrogens is 391 g/mol. The minimum atomic E-state index is -1.33. The Hall–Kier alpha value is -2.70. The molecule has 2 aromatic rings.